The standard InChI is InChI=1S/C23H23N3O3/c1-5-12-26-19-9-7-6-8-18(19)22(23(26)28)25-24-21(27)14-29-20-13-16(4)10-11-17(20)15(2)3/h1,6-11,13,15,28H,12,14H2,2-4H3. The number of carbonyl (C=O) groups is 1. The second kappa shape index (κ2) is 8.61. The van der Waals surface area contributed by atoms with Crippen LogP contribution in [0.3, 0.4) is 0 Å². The van der Waals surface area contributed by atoms with Gasteiger partial charge in [0.15, 0.2) is 12.3 Å². The summed E-state index contributed by atoms with van der Waals surface area (Å²) in [7, 11) is 0. The Morgan fingerprint density at radius 1 is 1.28 bits per heavy atom. The van der Waals surface area contributed by atoms with Crippen molar-refractivity contribution in [1.29, 1.82) is 0 Å². The maximum atomic E-state index is 12.2. The molecule has 148 valence electrons. The van der Waals surface area contributed by atoms with Gasteiger partial charge < -0.3 is 9.84 Å². The normalized spacial score (nSPS) is 11.3. The molecule has 3 rings (SSSR count). The van der Waals surface area contributed by atoms with Gasteiger partial charge in [0.05, 0.1) is 12.1 Å². The molecule has 0 fully saturated rings. The number of amides is 1. The fourth-order valence-corrected chi connectivity index (χ4v) is 3.14. The molecular formula is C23H23N3O3. The van der Waals surface area contributed by atoms with Crippen LogP contribution in [0.15, 0.2) is 52.7 Å². The van der Waals surface area contributed by atoms with Crippen molar-refractivity contribution in [2.24, 2.45) is 10.2 Å². The number of hydrogen-bond acceptors (Lipinski definition) is 4. The summed E-state index contributed by atoms with van der Waals surface area (Å²) in [6.45, 7) is 6.04. The molecule has 6 nitrogen and oxygen atoms in total. The van der Waals surface area contributed by atoms with Crippen LogP contribution in [0.4, 0.5) is 5.69 Å². The monoisotopic (exact) mass is 389 g/mol. The summed E-state index contributed by atoms with van der Waals surface area (Å²) in [5.74, 6) is 2.76. The van der Waals surface area contributed by atoms with Gasteiger partial charge in [0.25, 0.3) is 0 Å². The van der Waals surface area contributed by atoms with Gasteiger partial charge in [-0.1, -0.05) is 50.1 Å². The van der Waals surface area contributed by atoms with Crippen molar-refractivity contribution in [3.05, 3.63) is 53.6 Å². The van der Waals surface area contributed by atoms with Gasteiger partial charge in [-0.25, -0.2) is 0 Å². The zero-order chi connectivity index (χ0) is 21.0. The summed E-state index contributed by atoms with van der Waals surface area (Å²) in [6.07, 6.45) is 5.38. The fourth-order valence-electron chi connectivity index (χ4n) is 3.14. The average molecular weight is 389 g/mol. The Morgan fingerprint density at radius 2 is 2.03 bits per heavy atom. The number of benzene rings is 2. The number of carbonyl (C=O) groups excluding carboxylic acids is 1. The highest BCUT2D eigenvalue weighted by Crippen LogP contribution is 2.38. The topological polar surface area (TPSA) is 76.2 Å². The van der Waals surface area contributed by atoms with Crippen molar-refractivity contribution >= 4 is 22.5 Å². The number of rotatable bonds is 6. The number of aromatic nitrogens is 1. The lowest BCUT2D eigenvalue weighted by atomic mass is 10.0. The Bertz CT molecular complexity index is 1120. The van der Waals surface area contributed by atoms with E-state index in [0.29, 0.717) is 11.1 Å². The summed E-state index contributed by atoms with van der Waals surface area (Å²) >= 11 is 0. The molecule has 0 unspecified atom stereocenters. The van der Waals surface area contributed by atoms with Crippen molar-refractivity contribution in [2.75, 3.05) is 6.61 Å². The number of aromatic hydroxyl groups is 1. The van der Waals surface area contributed by atoms with Gasteiger partial charge in [-0.05, 0) is 36.1 Å². The van der Waals surface area contributed by atoms with Gasteiger partial charge in [-0.2, -0.15) is 0 Å². The molecule has 2 aromatic carbocycles. The summed E-state index contributed by atoms with van der Waals surface area (Å²) in [4.78, 5) is 12.2. The maximum Gasteiger partial charge on any atom is 0.302 e. The molecule has 0 bridgehead atoms. The van der Waals surface area contributed by atoms with E-state index in [1.807, 2.05) is 43.3 Å². The van der Waals surface area contributed by atoms with E-state index in [2.05, 4.69) is 30.0 Å². The zero-order valence-corrected chi connectivity index (χ0v) is 16.7. The largest absolute Gasteiger partial charge is 0.493 e. The number of nitrogens with zero attached hydrogens (tertiary/aromatic N) is 3. The SMILES string of the molecule is C#CCn1c(O)c(N=NC(=O)COc2cc(C)ccc2C(C)C)c2ccccc21. The highest BCUT2D eigenvalue weighted by atomic mass is 16.5. The Kier molecular flexibility index (Phi) is 5.99. The Labute approximate surface area is 169 Å². The Hall–Kier alpha value is -3.59. The summed E-state index contributed by atoms with van der Waals surface area (Å²) in [5, 5.41) is 18.8. The number of azo groups is 1. The number of hydrogen-bond donors (Lipinski definition) is 1. The number of ether oxygens (including phenoxy) is 1. The summed E-state index contributed by atoms with van der Waals surface area (Å²) < 4.78 is 7.24. The third kappa shape index (κ3) is 4.30. The summed E-state index contributed by atoms with van der Waals surface area (Å²) in [6, 6.07) is 13.2. The first kappa shape index (κ1) is 20.2. The second-order valence-electron chi connectivity index (χ2n) is 7.06. The predicted molar refractivity (Wildman–Crippen MR) is 113 cm³/mol. The second-order valence-corrected chi connectivity index (χ2v) is 7.06. The molecule has 0 aliphatic carbocycles. The van der Waals surface area contributed by atoms with Gasteiger partial charge in [0.1, 0.15) is 5.75 Å². The summed E-state index contributed by atoms with van der Waals surface area (Å²) in [5.41, 5.74) is 3.00. The van der Waals surface area contributed by atoms with E-state index in [9.17, 15) is 9.90 Å². The molecule has 0 aliphatic heterocycles. The van der Waals surface area contributed by atoms with Crippen LogP contribution in [0.1, 0.15) is 30.9 Å². The molecule has 0 spiro atoms. The lowest BCUT2D eigenvalue weighted by Crippen LogP contribution is -2.09. The Balaban J connectivity index is 1.80. The molecule has 3 aromatic rings. The van der Waals surface area contributed by atoms with Crippen molar-refractivity contribution < 1.29 is 14.6 Å². The molecule has 0 atom stereocenters. The fraction of sp³-hybridized carbons (Fsp3) is 0.261. The van der Waals surface area contributed by atoms with E-state index >= 15 is 0 Å². The van der Waals surface area contributed by atoms with Gasteiger partial charge in [-0.15, -0.1) is 16.7 Å². The minimum atomic E-state index is -0.547. The van der Waals surface area contributed by atoms with E-state index in [1.54, 1.807) is 10.6 Å². The molecule has 0 aliphatic rings. The van der Waals surface area contributed by atoms with Gasteiger partial charge in [-0.3, -0.25) is 9.36 Å². The lowest BCUT2D eigenvalue weighted by Gasteiger charge is -2.13. The first-order valence-electron chi connectivity index (χ1n) is 9.34. The Morgan fingerprint density at radius 3 is 2.76 bits per heavy atom. The van der Waals surface area contributed by atoms with Crippen LogP contribution >= 0.6 is 0 Å². The molecule has 6 heteroatoms. The van der Waals surface area contributed by atoms with Gasteiger partial charge >= 0.3 is 5.91 Å². The molecule has 1 heterocycles. The predicted octanol–water partition coefficient (Wildman–Crippen LogP) is 5.10. The maximum absolute atomic E-state index is 12.2. The molecule has 1 aromatic heterocycles. The van der Waals surface area contributed by atoms with Crippen LogP contribution in [-0.2, 0) is 11.3 Å². The van der Waals surface area contributed by atoms with Crippen LogP contribution in [0.25, 0.3) is 10.9 Å². The average Bonchev–Trinajstić information content (AvgIpc) is 2.96. The highest BCUT2D eigenvalue weighted by Gasteiger charge is 2.16. The number of para-hydroxylation sites is 1. The number of aryl methyl sites for hydroxylation is 1. The minimum Gasteiger partial charge on any atom is -0.493 e. The van der Waals surface area contributed by atoms with E-state index in [-0.39, 0.29) is 30.6 Å². The third-order valence-electron chi connectivity index (χ3n) is 4.57. The smallest absolute Gasteiger partial charge is 0.302 e. The molecule has 1 N–H and O–H groups in total. The minimum absolute atomic E-state index is 0.123. The van der Waals surface area contributed by atoms with E-state index < -0.39 is 5.91 Å². The first-order valence-corrected chi connectivity index (χ1v) is 9.34. The number of terminal acetylenes is 1. The third-order valence-corrected chi connectivity index (χ3v) is 4.57. The zero-order valence-electron chi connectivity index (χ0n) is 16.7. The van der Waals surface area contributed by atoms with Crippen LogP contribution < -0.4 is 4.74 Å². The molecule has 0 saturated heterocycles. The van der Waals surface area contributed by atoms with Crippen molar-refractivity contribution in [2.45, 2.75) is 33.2 Å². The lowest BCUT2D eigenvalue weighted by molar-refractivity contribution is -0.120. The van der Waals surface area contributed by atoms with Crippen molar-refractivity contribution in [3.8, 4) is 24.0 Å². The number of fused-ring (bicyclic) bond motifs is 1. The van der Waals surface area contributed by atoms with Crippen LogP contribution in [0.2, 0.25) is 0 Å². The molecule has 0 radical (unpaired) electrons. The van der Waals surface area contributed by atoms with Crippen LogP contribution in [0, 0.1) is 19.3 Å². The van der Waals surface area contributed by atoms with Gasteiger partial charge in [0, 0.05) is 5.39 Å². The first-order chi connectivity index (χ1) is 13.9. The molecular weight excluding hydrogens is 366 g/mol. The molecule has 29 heavy (non-hydrogen) atoms. The highest BCUT2D eigenvalue weighted by molar-refractivity contribution is 5.95. The van der Waals surface area contributed by atoms with Crippen molar-refractivity contribution in [3.63, 3.8) is 0 Å². The molecule has 1 amide bonds. The van der Waals surface area contributed by atoms with E-state index in [4.69, 9.17) is 11.2 Å². The van der Waals surface area contributed by atoms with Crippen molar-refractivity contribution in [1.82, 2.24) is 4.57 Å². The van der Waals surface area contributed by atoms with E-state index in [1.165, 1.54) is 0 Å². The van der Waals surface area contributed by atoms with E-state index in [0.717, 1.165) is 16.6 Å². The quantitative estimate of drug-likeness (QED) is 0.471. The van der Waals surface area contributed by atoms with Gasteiger partial charge in [0.2, 0.25) is 5.88 Å². The molecule has 0 saturated carbocycles. The van der Waals surface area contributed by atoms with Crippen LogP contribution in [0.5, 0.6) is 11.6 Å². The van der Waals surface area contributed by atoms with Crippen LogP contribution in [-0.4, -0.2) is 22.2 Å².